The SMILES string of the molecule is CCOC(=O)c1nc(C(=O)N[C@@H](C)Cn2ccc(-c3ccc(C#N)c(Cl)c3C)n2)cs1. The predicted octanol–water partition coefficient (Wildman–Crippen LogP) is 3.84. The molecule has 0 saturated heterocycles. The van der Waals surface area contributed by atoms with Gasteiger partial charge < -0.3 is 10.1 Å². The minimum Gasteiger partial charge on any atom is -0.461 e. The van der Waals surface area contributed by atoms with E-state index in [4.69, 9.17) is 21.6 Å². The Bertz CT molecular complexity index is 1160. The zero-order valence-electron chi connectivity index (χ0n) is 17.2. The fourth-order valence-electron chi connectivity index (χ4n) is 2.94. The van der Waals surface area contributed by atoms with Gasteiger partial charge in [0.15, 0.2) is 0 Å². The largest absolute Gasteiger partial charge is 0.461 e. The minimum absolute atomic E-state index is 0.146. The van der Waals surface area contributed by atoms with Crippen molar-refractivity contribution in [3.8, 4) is 17.3 Å². The Morgan fingerprint density at radius 1 is 1.39 bits per heavy atom. The summed E-state index contributed by atoms with van der Waals surface area (Å²) in [6, 6.07) is 7.17. The number of carbonyl (C=O) groups is 2. The van der Waals surface area contributed by atoms with Gasteiger partial charge in [0.2, 0.25) is 5.01 Å². The molecule has 3 aromatic rings. The number of nitriles is 1. The normalized spacial score (nSPS) is 11.6. The number of esters is 1. The van der Waals surface area contributed by atoms with Crippen LogP contribution in [0, 0.1) is 18.3 Å². The van der Waals surface area contributed by atoms with Crippen LogP contribution in [-0.2, 0) is 11.3 Å². The molecule has 1 amide bonds. The first-order valence-electron chi connectivity index (χ1n) is 9.50. The summed E-state index contributed by atoms with van der Waals surface area (Å²) in [6.07, 6.45) is 1.81. The first-order valence-corrected chi connectivity index (χ1v) is 10.8. The Balaban J connectivity index is 1.65. The summed E-state index contributed by atoms with van der Waals surface area (Å²) in [7, 11) is 0. The number of nitrogens with zero attached hydrogens (tertiary/aromatic N) is 4. The van der Waals surface area contributed by atoms with E-state index >= 15 is 0 Å². The zero-order valence-corrected chi connectivity index (χ0v) is 18.8. The van der Waals surface area contributed by atoms with Gasteiger partial charge >= 0.3 is 5.97 Å². The van der Waals surface area contributed by atoms with Crippen LogP contribution in [0.5, 0.6) is 0 Å². The molecule has 0 aliphatic rings. The van der Waals surface area contributed by atoms with Crippen molar-refractivity contribution in [1.82, 2.24) is 20.1 Å². The van der Waals surface area contributed by atoms with Gasteiger partial charge in [-0.05, 0) is 38.5 Å². The summed E-state index contributed by atoms with van der Waals surface area (Å²) >= 11 is 7.32. The van der Waals surface area contributed by atoms with E-state index in [2.05, 4.69) is 21.5 Å². The van der Waals surface area contributed by atoms with Crippen LogP contribution in [0.1, 0.15) is 45.3 Å². The quantitative estimate of drug-likeness (QED) is 0.540. The van der Waals surface area contributed by atoms with Crippen LogP contribution in [0.3, 0.4) is 0 Å². The van der Waals surface area contributed by atoms with Crippen molar-refractivity contribution in [2.75, 3.05) is 6.61 Å². The van der Waals surface area contributed by atoms with Crippen LogP contribution in [-0.4, -0.2) is 39.3 Å². The van der Waals surface area contributed by atoms with E-state index in [0.717, 1.165) is 28.2 Å². The van der Waals surface area contributed by atoms with Crippen LogP contribution in [0.25, 0.3) is 11.3 Å². The Hall–Kier alpha value is -3.22. The van der Waals surface area contributed by atoms with E-state index in [9.17, 15) is 9.59 Å². The lowest BCUT2D eigenvalue weighted by Crippen LogP contribution is -2.36. The number of aromatic nitrogens is 3. The van der Waals surface area contributed by atoms with E-state index in [1.807, 2.05) is 32.2 Å². The molecule has 10 heteroatoms. The molecule has 0 unspecified atom stereocenters. The maximum atomic E-state index is 12.4. The molecular formula is C21H20ClN5O3S. The first kappa shape index (κ1) is 22.5. The smallest absolute Gasteiger partial charge is 0.367 e. The molecule has 0 radical (unpaired) electrons. The molecule has 8 nitrogen and oxygen atoms in total. The number of thiazole rings is 1. The molecule has 1 aromatic carbocycles. The summed E-state index contributed by atoms with van der Waals surface area (Å²) < 4.78 is 6.61. The fraction of sp³-hybridized carbons (Fsp3) is 0.286. The summed E-state index contributed by atoms with van der Waals surface area (Å²) in [4.78, 5) is 28.2. The average molecular weight is 458 g/mol. The topological polar surface area (TPSA) is 110 Å². The number of rotatable bonds is 7. The van der Waals surface area contributed by atoms with Crippen LogP contribution in [0.4, 0.5) is 0 Å². The van der Waals surface area contributed by atoms with E-state index < -0.39 is 5.97 Å². The number of hydrogen-bond acceptors (Lipinski definition) is 7. The molecule has 0 fully saturated rings. The van der Waals surface area contributed by atoms with Gasteiger partial charge in [0.05, 0.1) is 29.4 Å². The molecule has 2 heterocycles. The average Bonchev–Trinajstić information content (AvgIpc) is 3.40. The van der Waals surface area contributed by atoms with Gasteiger partial charge in [0.25, 0.3) is 5.91 Å². The van der Waals surface area contributed by atoms with Crippen molar-refractivity contribution >= 4 is 34.8 Å². The minimum atomic E-state index is -0.540. The lowest BCUT2D eigenvalue weighted by Gasteiger charge is -2.13. The lowest BCUT2D eigenvalue weighted by molar-refractivity contribution is 0.0526. The molecule has 0 spiro atoms. The van der Waals surface area contributed by atoms with Crippen molar-refractivity contribution in [1.29, 1.82) is 5.26 Å². The van der Waals surface area contributed by atoms with Crippen LogP contribution < -0.4 is 5.32 Å². The van der Waals surface area contributed by atoms with Crippen molar-refractivity contribution < 1.29 is 14.3 Å². The predicted molar refractivity (Wildman–Crippen MR) is 117 cm³/mol. The van der Waals surface area contributed by atoms with Crippen LogP contribution in [0.15, 0.2) is 29.8 Å². The Kier molecular flexibility index (Phi) is 7.05. The highest BCUT2D eigenvalue weighted by Crippen LogP contribution is 2.29. The molecule has 0 aliphatic heterocycles. The van der Waals surface area contributed by atoms with E-state index in [1.54, 1.807) is 17.7 Å². The van der Waals surface area contributed by atoms with Crippen molar-refractivity contribution in [3.63, 3.8) is 0 Å². The van der Waals surface area contributed by atoms with Crippen molar-refractivity contribution in [2.24, 2.45) is 0 Å². The second kappa shape index (κ2) is 9.73. The van der Waals surface area contributed by atoms with Crippen molar-refractivity contribution in [3.05, 3.63) is 56.6 Å². The fourth-order valence-corrected chi connectivity index (χ4v) is 3.84. The molecule has 1 N–H and O–H groups in total. The maximum absolute atomic E-state index is 12.4. The number of amides is 1. The second-order valence-electron chi connectivity index (χ2n) is 6.77. The highest BCUT2D eigenvalue weighted by Gasteiger charge is 2.18. The number of ether oxygens (including phenoxy) is 1. The third-order valence-electron chi connectivity index (χ3n) is 4.45. The van der Waals surface area contributed by atoms with E-state index in [-0.39, 0.29) is 29.3 Å². The zero-order chi connectivity index (χ0) is 22.5. The lowest BCUT2D eigenvalue weighted by atomic mass is 10.0. The van der Waals surface area contributed by atoms with Crippen LogP contribution >= 0.6 is 22.9 Å². The molecule has 0 aliphatic carbocycles. The molecular weight excluding hydrogens is 438 g/mol. The maximum Gasteiger partial charge on any atom is 0.367 e. The van der Waals surface area contributed by atoms with Crippen LogP contribution in [0.2, 0.25) is 5.02 Å². The monoisotopic (exact) mass is 457 g/mol. The highest BCUT2D eigenvalue weighted by atomic mass is 35.5. The van der Waals surface area contributed by atoms with Gasteiger partial charge in [-0.25, -0.2) is 9.78 Å². The number of halogens is 1. The van der Waals surface area contributed by atoms with Gasteiger partial charge in [-0.1, -0.05) is 17.7 Å². The number of benzene rings is 1. The molecule has 0 saturated carbocycles. The summed E-state index contributed by atoms with van der Waals surface area (Å²) in [5, 5.41) is 18.6. The first-order chi connectivity index (χ1) is 14.8. The summed E-state index contributed by atoms with van der Waals surface area (Å²) in [5.41, 5.74) is 2.94. The molecule has 0 bridgehead atoms. The highest BCUT2D eigenvalue weighted by molar-refractivity contribution is 7.11. The molecule has 3 rings (SSSR count). The third kappa shape index (κ3) is 5.10. The number of nitrogens with one attached hydrogen (secondary N) is 1. The molecule has 31 heavy (non-hydrogen) atoms. The van der Waals surface area contributed by atoms with Crippen molar-refractivity contribution in [2.45, 2.75) is 33.4 Å². The Labute approximate surface area is 188 Å². The second-order valence-corrected chi connectivity index (χ2v) is 8.00. The summed E-state index contributed by atoms with van der Waals surface area (Å²) in [5.74, 6) is -0.914. The van der Waals surface area contributed by atoms with Gasteiger partial charge in [-0.2, -0.15) is 10.4 Å². The summed E-state index contributed by atoms with van der Waals surface area (Å²) in [6.45, 7) is 6.08. The van der Waals surface area contributed by atoms with Gasteiger partial charge in [-0.15, -0.1) is 11.3 Å². The standard InChI is InChI=1S/C21H20ClN5O3S/c1-4-30-21(29)20-25-17(11-31-20)19(28)24-12(2)10-27-8-7-16(26-27)15-6-5-14(9-23)18(22)13(15)3/h5-8,11-12H,4,10H2,1-3H3,(H,24,28)/t12-/m0/s1. The third-order valence-corrected chi connectivity index (χ3v) is 5.76. The van der Waals surface area contributed by atoms with Gasteiger partial charge in [-0.3, -0.25) is 9.48 Å². The van der Waals surface area contributed by atoms with Gasteiger partial charge in [0, 0.05) is 23.2 Å². The van der Waals surface area contributed by atoms with Gasteiger partial charge in [0.1, 0.15) is 11.8 Å². The number of carbonyl (C=O) groups excluding carboxylic acids is 2. The molecule has 2 aromatic heterocycles. The Morgan fingerprint density at radius 2 is 2.16 bits per heavy atom. The Morgan fingerprint density at radius 3 is 2.87 bits per heavy atom. The molecule has 160 valence electrons. The van der Waals surface area contributed by atoms with E-state index in [1.165, 1.54) is 5.38 Å². The van der Waals surface area contributed by atoms with E-state index in [0.29, 0.717) is 17.1 Å². The number of hydrogen-bond donors (Lipinski definition) is 1. The molecule has 1 atom stereocenters.